The Labute approximate surface area is 73.9 Å². The van der Waals surface area contributed by atoms with Crippen molar-refractivity contribution in [2.24, 2.45) is 0 Å². The minimum Gasteiger partial charge on any atom is -0.476 e. The molecule has 2 aromatic heterocycles. The molecule has 0 spiro atoms. The minimum atomic E-state index is 0.453. The van der Waals surface area contributed by atoms with Crippen molar-refractivity contribution in [1.82, 2.24) is 20.3 Å². The number of nitrogens with zero attached hydrogens (tertiary/aromatic N) is 3. The number of hydrogen-bond acceptors (Lipinski definition) is 5. The van der Waals surface area contributed by atoms with Crippen molar-refractivity contribution >= 4 is 0 Å². The molecule has 0 atom stereocenters. The van der Waals surface area contributed by atoms with Crippen LogP contribution in [-0.4, -0.2) is 26.9 Å². The Morgan fingerprint density at radius 1 is 1.62 bits per heavy atom. The summed E-state index contributed by atoms with van der Waals surface area (Å²) >= 11 is 0. The Balaban J connectivity index is 2.23. The summed E-state index contributed by atoms with van der Waals surface area (Å²) < 4.78 is 10.1. The van der Waals surface area contributed by atoms with E-state index < -0.39 is 0 Å². The van der Waals surface area contributed by atoms with Gasteiger partial charge in [-0.2, -0.15) is 5.10 Å². The molecule has 0 unspecified atom stereocenters. The molecule has 0 saturated heterocycles. The molecule has 0 radical (unpaired) electrons. The van der Waals surface area contributed by atoms with Gasteiger partial charge in [-0.25, -0.2) is 4.98 Å². The number of aromatic nitrogens is 4. The number of rotatable bonds is 3. The lowest BCUT2D eigenvalue weighted by Crippen LogP contribution is -1.89. The van der Waals surface area contributed by atoms with Crippen molar-refractivity contribution in [3.05, 3.63) is 12.4 Å². The first-order valence-corrected chi connectivity index (χ1v) is 3.85. The van der Waals surface area contributed by atoms with E-state index in [2.05, 4.69) is 20.3 Å². The lowest BCUT2D eigenvalue weighted by Gasteiger charge is -1.91. The zero-order chi connectivity index (χ0) is 9.10. The summed E-state index contributed by atoms with van der Waals surface area (Å²) in [7, 11) is 0. The van der Waals surface area contributed by atoms with Crippen molar-refractivity contribution in [1.29, 1.82) is 0 Å². The van der Waals surface area contributed by atoms with Gasteiger partial charge in [0.2, 0.25) is 5.76 Å². The zero-order valence-electron chi connectivity index (χ0n) is 7.02. The summed E-state index contributed by atoms with van der Waals surface area (Å²) in [6, 6.07) is 1.66. The lowest BCUT2D eigenvalue weighted by atomic mass is 10.4. The standard InChI is InChI=1S/C7H8N4O2/c1-2-12-6-3-5(13-11-6)7-8-4-9-10-7/h3-4H,2H2,1H3,(H,8,9,10). The largest absolute Gasteiger partial charge is 0.476 e. The maximum absolute atomic E-state index is 5.12. The van der Waals surface area contributed by atoms with Crippen molar-refractivity contribution in [3.8, 4) is 17.5 Å². The molecule has 2 heterocycles. The Morgan fingerprint density at radius 3 is 3.23 bits per heavy atom. The van der Waals surface area contributed by atoms with Gasteiger partial charge in [-0.15, -0.1) is 0 Å². The van der Waals surface area contributed by atoms with Crippen LogP contribution in [0, 0.1) is 0 Å². The first-order chi connectivity index (χ1) is 6.40. The quantitative estimate of drug-likeness (QED) is 0.757. The minimum absolute atomic E-state index is 0.453. The van der Waals surface area contributed by atoms with E-state index in [4.69, 9.17) is 9.26 Å². The van der Waals surface area contributed by atoms with Gasteiger partial charge in [-0.3, -0.25) is 5.10 Å². The molecule has 0 aliphatic rings. The van der Waals surface area contributed by atoms with Crippen LogP contribution in [0.2, 0.25) is 0 Å². The van der Waals surface area contributed by atoms with Gasteiger partial charge in [-0.1, -0.05) is 0 Å². The molecule has 2 aromatic rings. The third-order valence-electron chi connectivity index (χ3n) is 1.43. The number of H-pyrrole nitrogens is 1. The van der Waals surface area contributed by atoms with Gasteiger partial charge >= 0.3 is 0 Å². The van der Waals surface area contributed by atoms with E-state index in [1.807, 2.05) is 6.92 Å². The summed E-state index contributed by atoms with van der Waals surface area (Å²) in [6.45, 7) is 2.44. The van der Waals surface area contributed by atoms with E-state index >= 15 is 0 Å². The Bertz CT molecular complexity index is 368. The second kappa shape index (κ2) is 3.26. The topological polar surface area (TPSA) is 76.8 Å². The van der Waals surface area contributed by atoms with E-state index in [0.717, 1.165) is 0 Å². The van der Waals surface area contributed by atoms with E-state index in [-0.39, 0.29) is 0 Å². The van der Waals surface area contributed by atoms with Gasteiger partial charge in [-0.05, 0) is 12.1 Å². The smallest absolute Gasteiger partial charge is 0.254 e. The number of hydrogen-bond donors (Lipinski definition) is 1. The van der Waals surface area contributed by atoms with E-state index in [1.54, 1.807) is 6.07 Å². The SMILES string of the molecule is CCOc1cc(-c2ncn[nH]2)on1. The molecule has 0 amide bonds. The van der Waals surface area contributed by atoms with E-state index in [1.165, 1.54) is 6.33 Å². The summed E-state index contributed by atoms with van der Waals surface area (Å²) in [5.41, 5.74) is 0. The van der Waals surface area contributed by atoms with Crippen molar-refractivity contribution < 1.29 is 9.26 Å². The summed E-state index contributed by atoms with van der Waals surface area (Å²) in [5, 5.41) is 10.0. The molecule has 13 heavy (non-hydrogen) atoms. The third kappa shape index (κ3) is 1.51. The normalized spacial score (nSPS) is 10.2. The van der Waals surface area contributed by atoms with Crippen LogP contribution in [0.15, 0.2) is 16.9 Å². The highest BCUT2D eigenvalue weighted by molar-refractivity contribution is 5.46. The van der Waals surface area contributed by atoms with Crippen LogP contribution in [0.3, 0.4) is 0 Å². The second-order valence-corrected chi connectivity index (χ2v) is 2.30. The van der Waals surface area contributed by atoms with Crippen LogP contribution >= 0.6 is 0 Å². The Kier molecular flexibility index (Phi) is 1.95. The maximum atomic E-state index is 5.12. The second-order valence-electron chi connectivity index (χ2n) is 2.30. The number of aromatic amines is 1. The van der Waals surface area contributed by atoms with Crippen LogP contribution in [0.5, 0.6) is 5.88 Å². The predicted molar refractivity (Wildman–Crippen MR) is 43.0 cm³/mol. The maximum Gasteiger partial charge on any atom is 0.254 e. The molecule has 0 aliphatic heterocycles. The average Bonchev–Trinajstić information content (AvgIpc) is 2.70. The fraction of sp³-hybridized carbons (Fsp3) is 0.286. The highest BCUT2D eigenvalue weighted by atomic mass is 16.5. The van der Waals surface area contributed by atoms with Crippen molar-refractivity contribution in [2.45, 2.75) is 6.92 Å². The summed E-state index contributed by atoms with van der Waals surface area (Å²) in [5.74, 6) is 1.51. The molecule has 2 rings (SSSR count). The lowest BCUT2D eigenvalue weighted by molar-refractivity contribution is 0.296. The molecular weight excluding hydrogens is 172 g/mol. The molecule has 1 N–H and O–H groups in total. The van der Waals surface area contributed by atoms with Crippen LogP contribution < -0.4 is 4.74 Å². The van der Waals surface area contributed by atoms with Crippen LogP contribution in [0.1, 0.15) is 6.92 Å². The predicted octanol–water partition coefficient (Wildman–Crippen LogP) is 0.858. The zero-order valence-corrected chi connectivity index (χ0v) is 7.02. The summed E-state index contributed by atoms with van der Waals surface area (Å²) in [4.78, 5) is 3.90. The first kappa shape index (κ1) is 7.78. The Hall–Kier alpha value is -1.85. The molecule has 0 saturated carbocycles. The van der Waals surface area contributed by atoms with E-state index in [0.29, 0.717) is 24.1 Å². The third-order valence-corrected chi connectivity index (χ3v) is 1.43. The fourth-order valence-electron chi connectivity index (χ4n) is 0.911. The van der Waals surface area contributed by atoms with Gasteiger partial charge < -0.3 is 9.26 Å². The Morgan fingerprint density at radius 2 is 2.54 bits per heavy atom. The molecule has 0 fully saturated rings. The highest BCUT2D eigenvalue weighted by Gasteiger charge is 2.08. The number of ether oxygens (including phenoxy) is 1. The fourth-order valence-corrected chi connectivity index (χ4v) is 0.911. The molecule has 0 bridgehead atoms. The highest BCUT2D eigenvalue weighted by Crippen LogP contribution is 2.19. The number of nitrogens with one attached hydrogen (secondary N) is 1. The monoisotopic (exact) mass is 180 g/mol. The van der Waals surface area contributed by atoms with E-state index in [9.17, 15) is 0 Å². The molecule has 0 aromatic carbocycles. The van der Waals surface area contributed by atoms with Crippen molar-refractivity contribution in [2.75, 3.05) is 6.61 Å². The van der Waals surface area contributed by atoms with Crippen LogP contribution in [0.25, 0.3) is 11.6 Å². The van der Waals surface area contributed by atoms with Crippen molar-refractivity contribution in [3.63, 3.8) is 0 Å². The average molecular weight is 180 g/mol. The van der Waals surface area contributed by atoms with Gasteiger partial charge in [0.15, 0.2) is 5.82 Å². The molecule has 6 nitrogen and oxygen atoms in total. The van der Waals surface area contributed by atoms with Crippen LogP contribution in [0.4, 0.5) is 0 Å². The molecule has 6 heteroatoms. The summed E-state index contributed by atoms with van der Waals surface area (Å²) in [6.07, 6.45) is 1.40. The molecule has 68 valence electrons. The molecular formula is C7H8N4O2. The van der Waals surface area contributed by atoms with Gasteiger partial charge in [0, 0.05) is 0 Å². The van der Waals surface area contributed by atoms with Crippen LogP contribution in [-0.2, 0) is 0 Å². The first-order valence-electron chi connectivity index (χ1n) is 3.85. The van der Waals surface area contributed by atoms with Gasteiger partial charge in [0.25, 0.3) is 5.88 Å². The molecule has 0 aliphatic carbocycles. The van der Waals surface area contributed by atoms with Gasteiger partial charge in [0.05, 0.1) is 12.7 Å². The van der Waals surface area contributed by atoms with Gasteiger partial charge in [0.1, 0.15) is 6.33 Å².